The van der Waals surface area contributed by atoms with Gasteiger partial charge in [0.25, 0.3) is 5.91 Å². The molecule has 0 aliphatic rings. The normalized spacial score (nSPS) is 10.7. The molecule has 0 heterocycles. The maximum absolute atomic E-state index is 11.7. The van der Waals surface area contributed by atoms with Crippen LogP contribution in [-0.4, -0.2) is 18.7 Å². The molecule has 0 aliphatic heterocycles. The van der Waals surface area contributed by atoms with Crippen LogP contribution in [0.15, 0.2) is 56.5 Å². The van der Waals surface area contributed by atoms with Gasteiger partial charge in [0.2, 0.25) is 0 Å². The van der Waals surface area contributed by atoms with E-state index in [2.05, 4.69) is 65.0 Å². The Bertz CT molecular complexity index is 708. The van der Waals surface area contributed by atoms with Crippen molar-refractivity contribution in [3.8, 4) is 5.75 Å². The van der Waals surface area contributed by atoms with E-state index in [0.717, 1.165) is 18.1 Å². The highest BCUT2D eigenvalue weighted by Gasteiger charge is 2.05. The predicted octanol–water partition coefficient (Wildman–Crippen LogP) is 4.35. The van der Waals surface area contributed by atoms with E-state index in [1.165, 1.54) is 0 Å². The van der Waals surface area contributed by atoms with Gasteiger partial charge in [-0.3, -0.25) is 4.79 Å². The highest BCUT2D eigenvalue weighted by molar-refractivity contribution is 14.1. The van der Waals surface area contributed by atoms with Crippen molar-refractivity contribution in [3.05, 3.63) is 60.5 Å². The summed E-state index contributed by atoms with van der Waals surface area (Å²) in [6.45, 7) is -0.108. The van der Waals surface area contributed by atoms with Gasteiger partial charge in [-0.2, -0.15) is 5.10 Å². The minimum absolute atomic E-state index is 0.108. The number of hydrogen-bond acceptors (Lipinski definition) is 3. The molecule has 2 aromatic carbocycles. The number of rotatable bonds is 5. The molecular formula is C15H11Br2IN2O2. The summed E-state index contributed by atoms with van der Waals surface area (Å²) in [5.41, 5.74) is 3.38. The maximum atomic E-state index is 11.7. The second-order valence-corrected chi connectivity index (χ2v) is 7.11. The number of nitrogens with zero attached hydrogens (tertiary/aromatic N) is 1. The summed E-state index contributed by atoms with van der Waals surface area (Å²) in [5.74, 6) is 0.275. The lowest BCUT2D eigenvalue weighted by atomic mass is 10.2. The van der Waals surface area contributed by atoms with Gasteiger partial charge in [0.05, 0.1) is 10.7 Å². The third kappa shape index (κ3) is 5.36. The minimum Gasteiger partial charge on any atom is -0.483 e. The predicted molar refractivity (Wildman–Crippen MR) is 102 cm³/mol. The highest BCUT2D eigenvalue weighted by atomic mass is 127. The average molecular weight is 538 g/mol. The number of amides is 1. The summed E-state index contributed by atoms with van der Waals surface area (Å²) in [6.07, 6.45) is 1.61. The monoisotopic (exact) mass is 536 g/mol. The molecule has 0 unspecified atom stereocenters. The van der Waals surface area contributed by atoms with E-state index in [4.69, 9.17) is 4.74 Å². The molecule has 0 spiro atoms. The van der Waals surface area contributed by atoms with Crippen LogP contribution < -0.4 is 10.2 Å². The van der Waals surface area contributed by atoms with Crippen LogP contribution in [0.25, 0.3) is 0 Å². The molecule has 4 nitrogen and oxygen atoms in total. The highest BCUT2D eigenvalue weighted by Crippen LogP contribution is 2.28. The first-order valence-electron chi connectivity index (χ1n) is 6.20. The van der Waals surface area contributed by atoms with Gasteiger partial charge in [-0.1, -0.05) is 34.1 Å². The lowest BCUT2D eigenvalue weighted by molar-refractivity contribution is -0.123. The van der Waals surface area contributed by atoms with Crippen molar-refractivity contribution in [2.24, 2.45) is 5.10 Å². The summed E-state index contributed by atoms with van der Waals surface area (Å²) >= 11 is 8.94. The minimum atomic E-state index is -0.322. The van der Waals surface area contributed by atoms with E-state index in [-0.39, 0.29) is 12.5 Å². The smallest absolute Gasteiger partial charge is 0.277 e. The van der Waals surface area contributed by atoms with Gasteiger partial charge < -0.3 is 4.74 Å². The number of halogens is 3. The van der Waals surface area contributed by atoms with Crippen LogP contribution in [0.2, 0.25) is 0 Å². The first-order chi connectivity index (χ1) is 10.6. The Labute approximate surface area is 158 Å². The quantitative estimate of drug-likeness (QED) is 0.350. The molecule has 2 rings (SSSR count). The number of benzene rings is 2. The average Bonchev–Trinajstić information content (AvgIpc) is 2.48. The Morgan fingerprint density at radius 2 is 2.05 bits per heavy atom. The van der Waals surface area contributed by atoms with Gasteiger partial charge >= 0.3 is 0 Å². The number of carbonyl (C=O) groups is 1. The van der Waals surface area contributed by atoms with Crippen molar-refractivity contribution in [2.75, 3.05) is 6.61 Å². The number of carbonyl (C=O) groups excluding carboxylic acids is 1. The molecule has 0 aromatic heterocycles. The van der Waals surface area contributed by atoms with E-state index in [0.29, 0.717) is 5.75 Å². The van der Waals surface area contributed by atoms with E-state index in [1.54, 1.807) is 12.3 Å². The van der Waals surface area contributed by atoms with E-state index in [1.807, 2.05) is 36.4 Å². The lowest BCUT2D eigenvalue weighted by Crippen LogP contribution is -2.24. The fourth-order valence-electron chi connectivity index (χ4n) is 1.52. The maximum Gasteiger partial charge on any atom is 0.277 e. The van der Waals surface area contributed by atoms with Gasteiger partial charge in [-0.15, -0.1) is 0 Å². The van der Waals surface area contributed by atoms with Crippen molar-refractivity contribution >= 4 is 66.6 Å². The zero-order chi connectivity index (χ0) is 15.9. The van der Waals surface area contributed by atoms with E-state index in [9.17, 15) is 4.79 Å². The Morgan fingerprint density at radius 1 is 1.27 bits per heavy atom. The first kappa shape index (κ1) is 17.4. The van der Waals surface area contributed by atoms with Crippen LogP contribution in [-0.2, 0) is 4.79 Å². The molecule has 22 heavy (non-hydrogen) atoms. The largest absolute Gasteiger partial charge is 0.483 e. The van der Waals surface area contributed by atoms with Crippen LogP contribution in [0.5, 0.6) is 5.75 Å². The zero-order valence-electron chi connectivity index (χ0n) is 11.2. The molecule has 0 saturated heterocycles. The summed E-state index contributed by atoms with van der Waals surface area (Å²) in [5, 5.41) is 3.92. The third-order valence-corrected chi connectivity index (χ3v) is 4.65. The van der Waals surface area contributed by atoms with Gasteiger partial charge in [-0.05, 0) is 62.8 Å². The van der Waals surface area contributed by atoms with Crippen molar-refractivity contribution in [2.45, 2.75) is 0 Å². The Morgan fingerprint density at radius 3 is 2.77 bits per heavy atom. The van der Waals surface area contributed by atoms with Gasteiger partial charge in [-0.25, -0.2) is 5.43 Å². The molecule has 2 aromatic rings. The molecule has 1 amide bonds. The van der Waals surface area contributed by atoms with Crippen molar-refractivity contribution < 1.29 is 9.53 Å². The molecule has 0 aliphatic carbocycles. The number of ether oxygens (including phenoxy) is 1. The van der Waals surface area contributed by atoms with Crippen LogP contribution in [0.1, 0.15) is 5.56 Å². The topological polar surface area (TPSA) is 50.7 Å². The SMILES string of the molecule is O=C(COc1ccc(Br)cc1Br)N/N=C/c1ccccc1I. The first-order valence-corrected chi connectivity index (χ1v) is 8.87. The van der Waals surface area contributed by atoms with Crippen molar-refractivity contribution in [1.29, 1.82) is 0 Å². The Kier molecular flexibility index (Phi) is 6.84. The van der Waals surface area contributed by atoms with Gasteiger partial charge in [0.15, 0.2) is 6.61 Å². The van der Waals surface area contributed by atoms with Crippen LogP contribution in [0, 0.1) is 3.57 Å². The lowest BCUT2D eigenvalue weighted by Gasteiger charge is -2.07. The van der Waals surface area contributed by atoms with Crippen LogP contribution >= 0.6 is 54.5 Å². The molecular weight excluding hydrogens is 527 g/mol. The second-order valence-electron chi connectivity index (χ2n) is 4.18. The molecule has 7 heteroatoms. The van der Waals surface area contributed by atoms with Crippen LogP contribution in [0.4, 0.5) is 0 Å². The molecule has 0 radical (unpaired) electrons. The number of hydrogen-bond donors (Lipinski definition) is 1. The van der Waals surface area contributed by atoms with Crippen molar-refractivity contribution in [3.63, 3.8) is 0 Å². The Balaban J connectivity index is 1.84. The van der Waals surface area contributed by atoms with E-state index >= 15 is 0 Å². The summed E-state index contributed by atoms with van der Waals surface area (Å²) in [7, 11) is 0. The summed E-state index contributed by atoms with van der Waals surface area (Å²) in [6, 6.07) is 13.2. The standard InChI is InChI=1S/C15H11Br2IN2O2/c16-11-5-6-14(12(17)7-11)22-9-15(21)20-19-8-10-3-1-2-4-13(10)18/h1-8H,9H2,(H,20,21)/b19-8+. The molecule has 0 bridgehead atoms. The summed E-state index contributed by atoms with van der Waals surface area (Å²) in [4.78, 5) is 11.7. The fourth-order valence-corrected chi connectivity index (χ4v) is 3.21. The van der Waals surface area contributed by atoms with Crippen LogP contribution in [0.3, 0.4) is 0 Å². The number of hydrazone groups is 1. The van der Waals surface area contributed by atoms with Gasteiger partial charge in [0.1, 0.15) is 5.75 Å². The fraction of sp³-hybridized carbons (Fsp3) is 0.0667. The van der Waals surface area contributed by atoms with Crippen molar-refractivity contribution in [1.82, 2.24) is 5.43 Å². The zero-order valence-corrected chi connectivity index (χ0v) is 16.6. The summed E-state index contributed by atoms with van der Waals surface area (Å²) < 4.78 is 8.19. The molecule has 114 valence electrons. The molecule has 0 atom stereocenters. The Hall–Kier alpha value is -0.930. The molecule has 0 saturated carbocycles. The van der Waals surface area contributed by atoms with E-state index < -0.39 is 0 Å². The second kappa shape index (κ2) is 8.64. The third-order valence-electron chi connectivity index (χ3n) is 2.55. The molecule has 1 N–H and O–H groups in total. The number of nitrogens with one attached hydrogen (secondary N) is 1. The van der Waals surface area contributed by atoms with Gasteiger partial charge in [0, 0.05) is 13.6 Å². The molecule has 0 fully saturated rings.